The van der Waals surface area contributed by atoms with E-state index in [2.05, 4.69) is 5.32 Å². The quantitative estimate of drug-likeness (QED) is 0.135. The zero-order valence-electron chi connectivity index (χ0n) is 23.4. The lowest BCUT2D eigenvalue weighted by molar-refractivity contribution is -0.147. The number of ether oxygens (including phenoxy) is 1. The van der Waals surface area contributed by atoms with E-state index in [1.165, 1.54) is 46.0 Å². The second-order valence-corrected chi connectivity index (χ2v) is 13.2. The van der Waals surface area contributed by atoms with E-state index >= 15 is 0 Å². The van der Waals surface area contributed by atoms with Gasteiger partial charge in [0.15, 0.2) is 6.10 Å². The number of fused-ring (bicyclic) bond motifs is 1. The Bertz CT molecular complexity index is 1640. The highest BCUT2D eigenvalue weighted by Crippen LogP contribution is 2.45. The number of hydrogen-bond donors (Lipinski definition) is 1. The smallest absolute Gasteiger partial charge is 0.326 e. The summed E-state index contributed by atoms with van der Waals surface area (Å²) in [5.74, 6) is -1.15. The fraction of sp³-hybridized carbons (Fsp3) is 0.152. The summed E-state index contributed by atoms with van der Waals surface area (Å²) < 4.78 is 6.20. The van der Waals surface area contributed by atoms with Gasteiger partial charge in [0.1, 0.15) is 16.7 Å². The maximum absolute atomic E-state index is 14.1. The number of thioether (sulfide) groups is 2. The van der Waals surface area contributed by atoms with Crippen LogP contribution in [-0.4, -0.2) is 44.6 Å². The molecule has 3 amide bonds. The summed E-state index contributed by atoms with van der Waals surface area (Å²) >= 11 is 3.52. The molecule has 222 valence electrons. The van der Waals surface area contributed by atoms with E-state index in [0.717, 1.165) is 27.8 Å². The molecule has 11 heteroatoms. The molecule has 2 aliphatic rings. The summed E-state index contributed by atoms with van der Waals surface area (Å²) in [6.07, 6.45) is 0.806. The van der Waals surface area contributed by atoms with Crippen molar-refractivity contribution in [1.29, 1.82) is 0 Å². The lowest BCUT2D eigenvalue weighted by Crippen LogP contribution is -2.70. The van der Waals surface area contributed by atoms with Crippen LogP contribution in [0.25, 0.3) is 0 Å². The van der Waals surface area contributed by atoms with Crippen molar-refractivity contribution in [3.8, 4) is 0 Å². The fourth-order valence-electron chi connectivity index (χ4n) is 5.09. The highest BCUT2D eigenvalue weighted by molar-refractivity contribution is 8.13. The summed E-state index contributed by atoms with van der Waals surface area (Å²) in [5, 5.41) is 3.39. The third kappa shape index (κ3) is 6.17. The standard InChI is InChI=1S/C33H27N3O5S3/c1-21(37)36(26-18-11-19-42-26)27-30(38)35-20-25(34-33(40)43-24-16-9-4-10-17-24)29(44-31(27)35)32(39)41-28(22-12-5-2-6-13-22)23-14-7-3-8-15-23/h2-20,27-29,31H,1H3,(H,34,40)/t27?,29?,31-/m1/s1. The lowest BCUT2D eigenvalue weighted by Gasteiger charge is -2.51. The number of carbonyl (C=O) groups excluding carboxylic acids is 4. The maximum Gasteiger partial charge on any atom is 0.326 e. The Labute approximate surface area is 267 Å². The number of nitrogens with zero attached hydrogens (tertiary/aromatic N) is 2. The van der Waals surface area contributed by atoms with Crippen molar-refractivity contribution in [2.24, 2.45) is 0 Å². The molecule has 2 unspecified atom stereocenters. The fourth-order valence-corrected chi connectivity index (χ4v) is 7.97. The number of rotatable bonds is 8. The Balaban J connectivity index is 1.31. The van der Waals surface area contributed by atoms with Gasteiger partial charge in [0.05, 0.1) is 10.7 Å². The average Bonchev–Trinajstić information content (AvgIpc) is 3.58. The number of hydrogen-bond acceptors (Lipinski definition) is 8. The normalized spacial score (nSPS) is 19.0. The number of carbonyl (C=O) groups is 4. The van der Waals surface area contributed by atoms with Crippen LogP contribution in [0.1, 0.15) is 24.2 Å². The van der Waals surface area contributed by atoms with Crippen LogP contribution in [0.4, 0.5) is 9.80 Å². The highest BCUT2D eigenvalue weighted by Gasteiger charge is 2.56. The molecular weight excluding hydrogens is 615 g/mol. The van der Waals surface area contributed by atoms with Gasteiger partial charge in [-0.1, -0.05) is 78.9 Å². The van der Waals surface area contributed by atoms with Crippen molar-refractivity contribution in [3.05, 3.63) is 132 Å². The predicted octanol–water partition coefficient (Wildman–Crippen LogP) is 6.43. The summed E-state index contributed by atoms with van der Waals surface area (Å²) in [6, 6.07) is 30.8. The van der Waals surface area contributed by atoms with E-state index in [1.807, 2.05) is 102 Å². The molecule has 3 aromatic carbocycles. The minimum atomic E-state index is -0.973. The zero-order chi connectivity index (χ0) is 30.6. The number of thiophene rings is 1. The molecule has 1 N–H and O–H groups in total. The first-order valence-corrected chi connectivity index (χ1v) is 16.4. The number of amides is 3. The molecule has 0 saturated carbocycles. The molecule has 3 heterocycles. The minimum Gasteiger partial charge on any atom is -0.451 e. The van der Waals surface area contributed by atoms with Crippen LogP contribution >= 0.6 is 34.9 Å². The van der Waals surface area contributed by atoms with Crippen molar-refractivity contribution < 1.29 is 23.9 Å². The molecule has 1 saturated heterocycles. The van der Waals surface area contributed by atoms with E-state index in [-0.39, 0.29) is 17.5 Å². The molecule has 0 spiro atoms. The Morgan fingerprint density at radius 2 is 1.50 bits per heavy atom. The van der Waals surface area contributed by atoms with Crippen LogP contribution in [0.5, 0.6) is 0 Å². The van der Waals surface area contributed by atoms with Crippen LogP contribution in [0.3, 0.4) is 0 Å². The zero-order valence-corrected chi connectivity index (χ0v) is 25.9. The van der Waals surface area contributed by atoms with Gasteiger partial charge in [-0.25, -0.2) is 0 Å². The summed E-state index contributed by atoms with van der Waals surface area (Å²) in [4.78, 5) is 57.0. The molecule has 2 aliphatic heterocycles. The number of benzene rings is 3. The van der Waals surface area contributed by atoms with E-state index in [9.17, 15) is 19.2 Å². The first-order chi connectivity index (χ1) is 21.4. The number of β-lactam (4-membered cyclic amide) rings is 1. The maximum atomic E-state index is 14.1. The average molecular weight is 642 g/mol. The molecule has 0 aliphatic carbocycles. The molecule has 1 aromatic heterocycles. The largest absolute Gasteiger partial charge is 0.451 e. The van der Waals surface area contributed by atoms with Gasteiger partial charge >= 0.3 is 5.97 Å². The van der Waals surface area contributed by atoms with E-state index in [0.29, 0.717) is 5.00 Å². The molecule has 8 nitrogen and oxygen atoms in total. The molecule has 1 fully saturated rings. The van der Waals surface area contributed by atoms with Crippen LogP contribution in [0, 0.1) is 0 Å². The van der Waals surface area contributed by atoms with Crippen LogP contribution in [0.2, 0.25) is 0 Å². The third-order valence-corrected chi connectivity index (χ3v) is 10.2. The summed E-state index contributed by atoms with van der Waals surface area (Å²) in [6.45, 7) is 1.42. The first-order valence-electron chi connectivity index (χ1n) is 13.8. The monoisotopic (exact) mass is 641 g/mol. The number of esters is 1. The van der Waals surface area contributed by atoms with Gasteiger partial charge in [0.2, 0.25) is 5.91 Å². The summed E-state index contributed by atoms with van der Waals surface area (Å²) in [5.41, 5.74) is 1.82. The van der Waals surface area contributed by atoms with Crippen LogP contribution in [-0.2, 0) is 19.1 Å². The minimum absolute atomic E-state index is 0.238. The van der Waals surface area contributed by atoms with E-state index in [4.69, 9.17) is 4.74 Å². The van der Waals surface area contributed by atoms with Gasteiger partial charge in [-0.05, 0) is 52.5 Å². The van der Waals surface area contributed by atoms with Gasteiger partial charge < -0.3 is 15.0 Å². The molecule has 3 atom stereocenters. The second-order valence-electron chi connectivity index (χ2n) is 9.99. The van der Waals surface area contributed by atoms with Crippen LogP contribution < -0.4 is 10.2 Å². The van der Waals surface area contributed by atoms with Crippen molar-refractivity contribution >= 4 is 62.9 Å². The van der Waals surface area contributed by atoms with Crippen molar-refractivity contribution in [3.63, 3.8) is 0 Å². The SMILES string of the molecule is CC(=O)N(c1cccs1)C1C(=O)N2C=C(NC(=O)Sc3ccccc3)C(C(=O)OC(c3ccccc3)c3ccccc3)S[C@H]12. The van der Waals surface area contributed by atoms with Crippen molar-refractivity contribution in [1.82, 2.24) is 10.2 Å². The second kappa shape index (κ2) is 13.1. The number of nitrogens with one attached hydrogen (secondary N) is 1. The van der Waals surface area contributed by atoms with Gasteiger partial charge in [0, 0.05) is 18.0 Å². The van der Waals surface area contributed by atoms with Crippen molar-refractivity contribution in [2.75, 3.05) is 4.90 Å². The lowest BCUT2D eigenvalue weighted by atomic mass is 10.0. The van der Waals surface area contributed by atoms with Gasteiger partial charge in [-0.3, -0.25) is 24.1 Å². The molecule has 4 aromatic rings. The van der Waals surface area contributed by atoms with Gasteiger partial charge in [-0.2, -0.15) is 0 Å². The Hall–Kier alpha value is -4.32. The third-order valence-electron chi connectivity index (χ3n) is 7.10. The Kier molecular flexibility index (Phi) is 8.87. The Morgan fingerprint density at radius 3 is 2.07 bits per heavy atom. The highest BCUT2D eigenvalue weighted by atomic mass is 32.2. The molecule has 0 bridgehead atoms. The van der Waals surface area contributed by atoms with Crippen molar-refractivity contribution in [2.45, 2.75) is 34.6 Å². The van der Waals surface area contributed by atoms with E-state index < -0.39 is 34.0 Å². The van der Waals surface area contributed by atoms with E-state index in [1.54, 1.807) is 6.07 Å². The summed E-state index contributed by atoms with van der Waals surface area (Å²) in [7, 11) is 0. The van der Waals surface area contributed by atoms with Gasteiger partial charge in [-0.15, -0.1) is 23.1 Å². The Morgan fingerprint density at radius 1 is 0.886 bits per heavy atom. The van der Waals surface area contributed by atoms with Gasteiger partial charge in [0.25, 0.3) is 11.1 Å². The first kappa shape index (κ1) is 29.7. The molecule has 6 rings (SSSR count). The predicted molar refractivity (Wildman–Crippen MR) is 173 cm³/mol. The number of anilines is 1. The molecule has 44 heavy (non-hydrogen) atoms. The topological polar surface area (TPSA) is 96.0 Å². The molecular formula is C33H27N3O5S3. The molecule has 0 radical (unpaired) electrons. The van der Waals surface area contributed by atoms with Crippen LogP contribution in [0.15, 0.2) is 125 Å².